The van der Waals surface area contributed by atoms with Crippen LogP contribution in [0.1, 0.15) is 10.4 Å². The zero-order valence-electron chi connectivity index (χ0n) is 10.5. The number of ether oxygens (including phenoxy) is 1. The molecule has 0 aliphatic rings. The van der Waals surface area contributed by atoms with Gasteiger partial charge >= 0.3 is 5.97 Å². The second kappa shape index (κ2) is 5.64. The van der Waals surface area contributed by atoms with Gasteiger partial charge in [0.25, 0.3) is 0 Å². The number of sulfone groups is 1. The predicted octanol–water partition coefficient (Wildman–Crippen LogP) is 2.96. The summed E-state index contributed by atoms with van der Waals surface area (Å²) in [6.07, 6.45) is 1.03. The molecule has 2 aromatic carbocycles. The predicted molar refractivity (Wildman–Crippen MR) is 76.0 cm³/mol. The Bertz CT molecular complexity index is 739. The molecule has 6 heteroatoms. The van der Waals surface area contributed by atoms with E-state index in [1.54, 1.807) is 30.3 Å². The summed E-state index contributed by atoms with van der Waals surface area (Å²) in [5.74, 6) is -0.258. The topological polar surface area (TPSA) is 60.4 Å². The molecule has 0 amide bonds. The molecule has 0 fully saturated rings. The van der Waals surface area contributed by atoms with Gasteiger partial charge < -0.3 is 4.74 Å². The van der Waals surface area contributed by atoms with Crippen molar-refractivity contribution in [2.75, 3.05) is 6.26 Å². The van der Waals surface area contributed by atoms with Crippen LogP contribution in [0.4, 0.5) is 0 Å². The molecule has 0 aliphatic carbocycles. The largest absolute Gasteiger partial charge is 0.423 e. The molecule has 20 heavy (non-hydrogen) atoms. The van der Waals surface area contributed by atoms with Gasteiger partial charge in [-0.1, -0.05) is 29.8 Å². The van der Waals surface area contributed by atoms with E-state index in [-0.39, 0.29) is 15.5 Å². The SMILES string of the molecule is CS(=O)(=O)c1cc(C(=O)Oc2ccccc2)ccc1Cl. The number of benzene rings is 2. The van der Waals surface area contributed by atoms with Crippen LogP contribution in [-0.2, 0) is 9.84 Å². The van der Waals surface area contributed by atoms with E-state index in [4.69, 9.17) is 16.3 Å². The molecule has 0 aliphatic heterocycles. The van der Waals surface area contributed by atoms with Crippen molar-refractivity contribution in [2.24, 2.45) is 0 Å². The highest BCUT2D eigenvalue weighted by Gasteiger charge is 2.16. The smallest absolute Gasteiger partial charge is 0.343 e. The molecule has 0 aromatic heterocycles. The van der Waals surface area contributed by atoms with Crippen LogP contribution in [-0.4, -0.2) is 20.6 Å². The highest BCUT2D eigenvalue weighted by Crippen LogP contribution is 2.23. The van der Waals surface area contributed by atoms with Crippen molar-refractivity contribution in [1.82, 2.24) is 0 Å². The maximum Gasteiger partial charge on any atom is 0.343 e. The van der Waals surface area contributed by atoms with E-state index in [0.29, 0.717) is 5.75 Å². The molecule has 0 heterocycles. The highest BCUT2D eigenvalue weighted by atomic mass is 35.5. The second-order valence-electron chi connectivity index (χ2n) is 4.12. The minimum Gasteiger partial charge on any atom is -0.423 e. The van der Waals surface area contributed by atoms with Gasteiger partial charge in [0.05, 0.1) is 15.5 Å². The number of para-hydroxylation sites is 1. The molecule has 0 N–H and O–H groups in total. The van der Waals surface area contributed by atoms with Crippen molar-refractivity contribution in [3.8, 4) is 5.75 Å². The number of hydrogen-bond donors (Lipinski definition) is 0. The third kappa shape index (κ3) is 3.37. The molecule has 0 spiro atoms. The van der Waals surface area contributed by atoms with E-state index in [2.05, 4.69) is 0 Å². The Hall–Kier alpha value is -1.85. The third-order valence-electron chi connectivity index (χ3n) is 2.52. The van der Waals surface area contributed by atoms with Crippen LogP contribution in [0.15, 0.2) is 53.4 Å². The van der Waals surface area contributed by atoms with E-state index in [1.807, 2.05) is 0 Å². The van der Waals surface area contributed by atoms with Crippen molar-refractivity contribution in [3.05, 3.63) is 59.1 Å². The van der Waals surface area contributed by atoms with Crippen molar-refractivity contribution in [3.63, 3.8) is 0 Å². The molecule has 0 unspecified atom stereocenters. The molecule has 104 valence electrons. The minimum absolute atomic E-state index is 0.0729. The minimum atomic E-state index is -3.50. The molecule has 0 saturated heterocycles. The summed E-state index contributed by atoms with van der Waals surface area (Å²) in [4.78, 5) is 11.8. The lowest BCUT2D eigenvalue weighted by Crippen LogP contribution is -2.10. The average molecular weight is 311 g/mol. The van der Waals surface area contributed by atoms with Crippen molar-refractivity contribution in [2.45, 2.75) is 4.90 Å². The Morgan fingerprint density at radius 1 is 1.10 bits per heavy atom. The number of carbonyl (C=O) groups excluding carboxylic acids is 1. The van der Waals surface area contributed by atoms with Crippen LogP contribution in [0.3, 0.4) is 0 Å². The number of rotatable bonds is 3. The molecule has 0 bridgehead atoms. The van der Waals surface area contributed by atoms with Gasteiger partial charge in [-0.05, 0) is 30.3 Å². The number of carbonyl (C=O) groups is 1. The monoisotopic (exact) mass is 310 g/mol. The maximum absolute atomic E-state index is 11.9. The van der Waals surface area contributed by atoms with Crippen LogP contribution in [0.2, 0.25) is 5.02 Å². The summed E-state index contributed by atoms with van der Waals surface area (Å²) in [6.45, 7) is 0. The van der Waals surface area contributed by atoms with Crippen LogP contribution in [0.25, 0.3) is 0 Å². The van der Waals surface area contributed by atoms with Gasteiger partial charge in [0, 0.05) is 6.26 Å². The molecule has 2 aromatic rings. The zero-order valence-corrected chi connectivity index (χ0v) is 12.1. The second-order valence-corrected chi connectivity index (χ2v) is 6.51. The van der Waals surface area contributed by atoms with Gasteiger partial charge in [0.2, 0.25) is 0 Å². The molecular formula is C14H11ClO4S. The third-order valence-corrected chi connectivity index (χ3v) is 4.10. The highest BCUT2D eigenvalue weighted by molar-refractivity contribution is 7.90. The number of hydrogen-bond acceptors (Lipinski definition) is 4. The Morgan fingerprint density at radius 2 is 1.75 bits per heavy atom. The van der Waals surface area contributed by atoms with E-state index in [1.165, 1.54) is 18.2 Å². The van der Waals surface area contributed by atoms with Gasteiger partial charge in [-0.15, -0.1) is 0 Å². The van der Waals surface area contributed by atoms with Crippen LogP contribution in [0.5, 0.6) is 5.75 Å². The van der Waals surface area contributed by atoms with Crippen molar-refractivity contribution >= 4 is 27.4 Å². The normalized spacial score (nSPS) is 11.1. The van der Waals surface area contributed by atoms with E-state index < -0.39 is 15.8 Å². The summed E-state index contributed by atoms with van der Waals surface area (Å²) in [7, 11) is -3.50. The molecule has 0 saturated carbocycles. The Kier molecular flexibility index (Phi) is 4.11. The Labute approximate surface area is 121 Å². The van der Waals surface area contributed by atoms with Gasteiger partial charge in [0.1, 0.15) is 5.75 Å². The summed E-state index contributed by atoms with van der Waals surface area (Å²) < 4.78 is 28.2. The lowest BCUT2D eigenvalue weighted by Gasteiger charge is -2.06. The number of esters is 1. The average Bonchev–Trinajstić information content (AvgIpc) is 2.39. The first-order valence-corrected chi connectivity index (χ1v) is 7.92. The van der Waals surface area contributed by atoms with Gasteiger partial charge in [-0.2, -0.15) is 0 Å². The fraction of sp³-hybridized carbons (Fsp3) is 0.0714. The number of halogens is 1. The molecular weight excluding hydrogens is 300 g/mol. The first kappa shape index (κ1) is 14.6. The van der Waals surface area contributed by atoms with Gasteiger partial charge in [-0.3, -0.25) is 0 Å². The summed E-state index contributed by atoms with van der Waals surface area (Å²) in [5.41, 5.74) is 0.124. The zero-order chi connectivity index (χ0) is 14.8. The molecule has 0 atom stereocenters. The lowest BCUT2D eigenvalue weighted by atomic mass is 10.2. The summed E-state index contributed by atoms with van der Waals surface area (Å²) in [6, 6.07) is 12.5. The summed E-state index contributed by atoms with van der Waals surface area (Å²) >= 11 is 5.81. The van der Waals surface area contributed by atoms with E-state index in [0.717, 1.165) is 6.26 Å². The Balaban J connectivity index is 2.32. The van der Waals surface area contributed by atoms with Crippen LogP contribution in [0, 0.1) is 0 Å². The first-order valence-electron chi connectivity index (χ1n) is 5.65. The van der Waals surface area contributed by atoms with Crippen LogP contribution >= 0.6 is 11.6 Å². The lowest BCUT2D eigenvalue weighted by molar-refractivity contribution is 0.0734. The summed E-state index contributed by atoms with van der Waals surface area (Å²) in [5, 5.41) is 0.0729. The fourth-order valence-electron chi connectivity index (χ4n) is 1.57. The van der Waals surface area contributed by atoms with Gasteiger partial charge in [-0.25, -0.2) is 13.2 Å². The molecule has 0 radical (unpaired) electrons. The quantitative estimate of drug-likeness (QED) is 0.646. The standard InChI is InChI=1S/C14H11ClO4S/c1-20(17,18)13-9-10(7-8-12(13)15)14(16)19-11-5-3-2-4-6-11/h2-9H,1H3. The first-order chi connectivity index (χ1) is 9.38. The molecule has 2 rings (SSSR count). The van der Waals surface area contributed by atoms with Gasteiger partial charge in [0.15, 0.2) is 9.84 Å². The van der Waals surface area contributed by atoms with Crippen LogP contribution < -0.4 is 4.74 Å². The molecule has 4 nitrogen and oxygen atoms in total. The Morgan fingerprint density at radius 3 is 2.35 bits per heavy atom. The maximum atomic E-state index is 11.9. The van der Waals surface area contributed by atoms with Crippen molar-refractivity contribution < 1.29 is 17.9 Å². The van der Waals surface area contributed by atoms with Crippen molar-refractivity contribution in [1.29, 1.82) is 0 Å². The van der Waals surface area contributed by atoms with E-state index in [9.17, 15) is 13.2 Å². The van der Waals surface area contributed by atoms with E-state index >= 15 is 0 Å². The fourth-order valence-corrected chi connectivity index (χ4v) is 2.87.